The number of carbonyl (C=O) groups excluding carboxylic acids is 2. The van der Waals surface area contributed by atoms with Crippen LogP contribution in [0.1, 0.15) is 20.8 Å². The Bertz CT molecular complexity index is 1160. The predicted molar refractivity (Wildman–Crippen MR) is 115 cm³/mol. The first kappa shape index (κ1) is 21.6. The van der Waals surface area contributed by atoms with Gasteiger partial charge in [-0.25, -0.2) is 18.2 Å². The Labute approximate surface area is 178 Å². The van der Waals surface area contributed by atoms with Crippen LogP contribution in [0.25, 0.3) is 5.69 Å². The molecule has 156 valence electrons. The molecule has 0 amide bonds. The van der Waals surface area contributed by atoms with Crippen molar-refractivity contribution in [3.8, 4) is 5.69 Å². The van der Waals surface area contributed by atoms with Crippen molar-refractivity contribution in [2.45, 2.75) is 5.16 Å². The predicted octanol–water partition coefficient (Wildman–Crippen LogP) is 3.01. The number of ketones is 1. The van der Waals surface area contributed by atoms with E-state index in [4.69, 9.17) is 4.74 Å². The van der Waals surface area contributed by atoms with Gasteiger partial charge < -0.3 is 4.74 Å². The fourth-order valence-electron chi connectivity index (χ4n) is 2.68. The van der Waals surface area contributed by atoms with Gasteiger partial charge in [0.25, 0.3) is 0 Å². The normalized spacial score (nSPS) is 11.1. The van der Waals surface area contributed by atoms with Crippen LogP contribution in [0.2, 0.25) is 0 Å². The number of esters is 1. The van der Waals surface area contributed by atoms with E-state index < -0.39 is 28.4 Å². The average Bonchev–Trinajstić information content (AvgIpc) is 3.16. The number of nitrogens with zero attached hydrogens (tertiary/aromatic N) is 2. The molecule has 30 heavy (non-hydrogen) atoms. The number of nitrogens with one attached hydrogen (secondary N) is 1. The van der Waals surface area contributed by atoms with Crippen molar-refractivity contribution in [1.82, 2.24) is 9.55 Å². The molecule has 0 spiro atoms. The first-order chi connectivity index (χ1) is 14.3. The van der Waals surface area contributed by atoms with Gasteiger partial charge in [0.15, 0.2) is 23.2 Å². The molecule has 1 N–H and O–H groups in total. The van der Waals surface area contributed by atoms with Gasteiger partial charge in [-0.15, -0.1) is 0 Å². The van der Waals surface area contributed by atoms with E-state index in [0.717, 1.165) is 11.9 Å². The maximum atomic E-state index is 12.6. The maximum absolute atomic E-state index is 12.6. The number of imidazole rings is 1. The van der Waals surface area contributed by atoms with Crippen molar-refractivity contribution in [3.05, 3.63) is 72.1 Å². The lowest BCUT2D eigenvalue weighted by Crippen LogP contribution is -2.17. The molecule has 0 unspecified atom stereocenters. The van der Waals surface area contributed by atoms with Gasteiger partial charge in [0.2, 0.25) is 10.0 Å². The molecule has 0 bridgehead atoms. The Balaban J connectivity index is 1.70. The third-order valence-corrected chi connectivity index (χ3v) is 5.24. The van der Waals surface area contributed by atoms with Crippen LogP contribution in [-0.2, 0) is 14.8 Å². The van der Waals surface area contributed by atoms with E-state index in [-0.39, 0.29) is 5.69 Å². The number of anilines is 1. The number of carbonyl (C=O) groups is 2. The molecule has 0 aliphatic heterocycles. The third kappa shape index (κ3) is 5.28. The molecule has 3 rings (SSSR count). The van der Waals surface area contributed by atoms with Gasteiger partial charge in [-0.3, -0.25) is 14.1 Å². The standard InChI is InChI=1S/C20H19N3O5S2/c1-29-20-21-12-17(23(20)16-6-4-3-5-7-16)19(25)28-13-18(24)14-8-10-15(11-9-14)22-30(2,26)27/h3-12,22H,13H2,1-2H3. The number of para-hydroxylation sites is 1. The van der Waals surface area contributed by atoms with E-state index >= 15 is 0 Å². The summed E-state index contributed by atoms with van der Waals surface area (Å²) in [6.45, 7) is -0.452. The largest absolute Gasteiger partial charge is 0.453 e. The van der Waals surface area contributed by atoms with Crippen molar-refractivity contribution in [1.29, 1.82) is 0 Å². The van der Waals surface area contributed by atoms with Gasteiger partial charge >= 0.3 is 5.97 Å². The summed E-state index contributed by atoms with van der Waals surface area (Å²) in [5, 5.41) is 0.619. The topological polar surface area (TPSA) is 107 Å². The zero-order valence-electron chi connectivity index (χ0n) is 16.2. The lowest BCUT2D eigenvalue weighted by Gasteiger charge is -2.10. The molecule has 0 aliphatic rings. The minimum absolute atomic E-state index is 0.214. The van der Waals surface area contributed by atoms with Crippen LogP contribution in [0, 0.1) is 0 Å². The van der Waals surface area contributed by atoms with Gasteiger partial charge in [0.1, 0.15) is 0 Å². The molecule has 0 atom stereocenters. The third-order valence-electron chi connectivity index (χ3n) is 3.98. The summed E-state index contributed by atoms with van der Waals surface area (Å²) >= 11 is 1.38. The smallest absolute Gasteiger partial charge is 0.357 e. The van der Waals surface area contributed by atoms with Gasteiger partial charge in [-0.1, -0.05) is 30.0 Å². The summed E-state index contributed by atoms with van der Waals surface area (Å²) < 4.78 is 31.7. The summed E-state index contributed by atoms with van der Waals surface area (Å²) in [5.74, 6) is -1.08. The van der Waals surface area contributed by atoms with Gasteiger partial charge in [-0.05, 0) is 42.7 Å². The highest BCUT2D eigenvalue weighted by molar-refractivity contribution is 7.98. The number of Topliss-reactive ketones (excluding diaryl/α,β-unsaturated/α-hetero) is 1. The number of sulfonamides is 1. The van der Waals surface area contributed by atoms with Crippen molar-refractivity contribution in [2.75, 3.05) is 23.8 Å². The molecule has 0 saturated carbocycles. The zero-order valence-corrected chi connectivity index (χ0v) is 17.9. The summed E-state index contributed by atoms with van der Waals surface area (Å²) in [6.07, 6.45) is 4.30. The van der Waals surface area contributed by atoms with Crippen LogP contribution >= 0.6 is 11.8 Å². The Morgan fingerprint density at radius 3 is 2.37 bits per heavy atom. The zero-order chi connectivity index (χ0) is 21.7. The van der Waals surface area contributed by atoms with E-state index in [2.05, 4.69) is 9.71 Å². The monoisotopic (exact) mass is 445 g/mol. The fraction of sp³-hybridized carbons (Fsp3) is 0.150. The Hall–Kier alpha value is -3.11. The highest BCUT2D eigenvalue weighted by Crippen LogP contribution is 2.22. The SMILES string of the molecule is CSc1ncc(C(=O)OCC(=O)c2ccc(NS(C)(=O)=O)cc2)n1-c1ccccc1. The first-order valence-corrected chi connectivity index (χ1v) is 11.9. The number of benzene rings is 2. The molecular weight excluding hydrogens is 426 g/mol. The molecule has 8 nitrogen and oxygen atoms in total. The number of rotatable bonds is 8. The van der Waals surface area contributed by atoms with Crippen LogP contribution in [0.5, 0.6) is 0 Å². The molecule has 0 saturated heterocycles. The Morgan fingerprint density at radius 1 is 1.10 bits per heavy atom. The van der Waals surface area contributed by atoms with Crippen LogP contribution in [0.3, 0.4) is 0 Å². The second kappa shape index (κ2) is 9.14. The van der Waals surface area contributed by atoms with Crippen molar-refractivity contribution >= 4 is 39.2 Å². The van der Waals surface area contributed by atoms with E-state index in [1.807, 2.05) is 36.6 Å². The first-order valence-electron chi connectivity index (χ1n) is 8.74. The van der Waals surface area contributed by atoms with Crippen LogP contribution < -0.4 is 4.72 Å². The summed E-state index contributed by atoms with van der Waals surface area (Å²) in [6, 6.07) is 15.1. The summed E-state index contributed by atoms with van der Waals surface area (Å²) in [4.78, 5) is 29.2. The van der Waals surface area contributed by atoms with E-state index in [1.165, 1.54) is 42.2 Å². The number of thioether (sulfide) groups is 1. The molecule has 1 aromatic heterocycles. The Morgan fingerprint density at radius 2 is 1.77 bits per heavy atom. The second-order valence-corrected chi connectivity index (χ2v) is 8.77. The fourth-order valence-corrected chi connectivity index (χ4v) is 3.78. The lowest BCUT2D eigenvalue weighted by molar-refractivity contribution is 0.0466. The lowest BCUT2D eigenvalue weighted by atomic mass is 10.1. The highest BCUT2D eigenvalue weighted by atomic mass is 32.2. The second-order valence-electron chi connectivity index (χ2n) is 6.25. The Kier molecular flexibility index (Phi) is 6.58. The molecule has 1 heterocycles. The van der Waals surface area contributed by atoms with E-state index in [0.29, 0.717) is 16.4 Å². The number of aromatic nitrogens is 2. The van der Waals surface area contributed by atoms with Gasteiger partial charge in [-0.2, -0.15) is 0 Å². The van der Waals surface area contributed by atoms with Crippen LogP contribution in [0.15, 0.2) is 66.0 Å². The summed E-state index contributed by atoms with van der Waals surface area (Å²) in [5.41, 5.74) is 1.60. The molecule has 2 aromatic carbocycles. The van der Waals surface area contributed by atoms with Crippen molar-refractivity contribution in [3.63, 3.8) is 0 Å². The maximum Gasteiger partial charge on any atom is 0.357 e. The molecular formula is C20H19N3O5S2. The molecule has 0 aliphatic carbocycles. The van der Waals surface area contributed by atoms with E-state index in [1.54, 1.807) is 4.57 Å². The van der Waals surface area contributed by atoms with Crippen molar-refractivity contribution in [2.24, 2.45) is 0 Å². The molecule has 0 radical (unpaired) electrons. The minimum atomic E-state index is -3.40. The quantitative estimate of drug-likeness (QED) is 0.323. The molecule has 3 aromatic rings. The summed E-state index contributed by atoms with van der Waals surface area (Å²) in [7, 11) is -3.40. The number of ether oxygens (including phenoxy) is 1. The van der Waals surface area contributed by atoms with Gasteiger partial charge in [0, 0.05) is 16.9 Å². The van der Waals surface area contributed by atoms with Gasteiger partial charge in [0.05, 0.1) is 12.5 Å². The molecule has 0 fully saturated rings. The minimum Gasteiger partial charge on any atom is -0.453 e. The molecule has 10 heteroatoms. The number of hydrogen-bond donors (Lipinski definition) is 1. The number of hydrogen-bond acceptors (Lipinski definition) is 7. The average molecular weight is 446 g/mol. The van der Waals surface area contributed by atoms with E-state index in [9.17, 15) is 18.0 Å². The highest BCUT2D eigenvalue weighted by Gasteiger charge is 2.20. The van der Waals surface area contributed by atoms with Crippen LogP contribution in [-0.4, -0.2) is 48.8 Å². The van der Waals surface area contributed by atoms with Crippen LogP contribution in [0.4, 0.5) is 5.69 Å². The van der Waals surface area contributed by atoms with Crippen molar-refractivity contribution < 1.29 is 22.7 Å².